The van der Waals surface area contributed by atoms with Crippen molar-refractivity contribution in [3.63, 3.8) is 0 Å². The number of carbonyl (C=O) groups is 2. The van der Waals surface area contributed by atoms with Crippen LogP contribution in [0.15, 0.2) is 60.7 Å². The molecule has 1 fully saturated rings. The summed E-state index contributed by atoms with van der Waals surface area (Å²) in [6.45, 7) is 3.68. The number of methoxy groups -OCH3 is 3. The number of amides is 2. The van der Waals surface area contributed by atoms with E-state index in [-0.39, 0.29) is 11.8 Å². The van der Waals surface area contributed by atoms with Crippen LogP contribution in [-0.4, -0.2) is 69.1 Å². The maximum atomic E-state index is 13.5. The average Bonchev–Trinajstić information content (AvgIpc) is 3.00. The number of hydrogen-bond acceptors (Lipinski definition) is 5. The number of ether oxygens (including phenoxy) is 3. The predicted octanol–water partition coefficient (Wildman–Crippen LogP) is 6.00. The molecule has 1 saturated heterocycles. The lowest BCUT2D eigenvalue weighted by Crippen LogP contribution is -2.50. The number of nitrogens with zero attached hydrogens (tertiary/aromatic N) is 2. The summed E-state index contributed by atoms with van der Waals surface area (Å²) in [4.78, 5) is 30.2. The summed E-state index contributed by atoms with van der Waals surface area (Å²) in [6, 6.07) is 16.8. The highest BCUT2D eigenvalue weighted by atomic mass is 35.5. The van der Waals surface area contributed by atoms with Crippen molar-refractivity contribution in [2.24, 2.45) is 0 Å². The fourth-order valence-electron chi connectivity index (χ4n) is 4.65. The van der Waals surface area contributed by atoms with Crippen molar-refractivity contribution in [1.82, 2.24) is 9.80 Å². The van der Waals surface area contributed by atoms with Crippen molar-refractivity contribution in [2.45, 2.75) is 13.3 Å². The third-order valence-electron chi connectivity index (χ3n) is 6.96. The Balaban J connectivity index is 1.53. The van der Waals surface area contributed by atoms with Crippen LogP contribution in [-0.2, 0) is 11.2 Å². The Labute approximate surface area is 244 Å². The Hall–Kier alpha value is -3.68. The minimum atomic E-state index is -0.172. The molecular formula is C31H32Cl2N2O5. The molecule has 3 aromatic rings. The summed E-state index contributed by atoms with van der Waals surface area (Å²) in [5.41, 5.74) is 4.08. The van der Waals surface area contributed by atoms with Crippen LogP contribution in [0, 0.1) is 0 Å². The van der Waals surface area contributed by atoms with E-state index < -0.39 is 0 Å². The molecule has 3 aromatic carbocycles. The summed E-state index contributed by atoms with van der Waals surface area (Å²) >= 11 is 12.5. The van der Waals surface area contributed by atoms with Crippen LogP contribution >= 0.6 is 23.2 Å². The molecule has 0 spiro atoms. The van der Waals surface area contributed by atoms with Crippen molar-refractivity contribution in [1.29, 1.82) is 0 Å². The second-order valence-electron chi connectivity index (χ2n) is 9.27. The van der Waals surface area contributed by atoms with Crippen LogP contribution < -0.4 is 14.2 Å². The first-order valence-electron chi connectivity index (χ1n) is 12.9. The van der Waals surface area contributed by atoms with Gasteiger partial charge in [-0.05, 0) is 52.9 Å². The van der Waals surface area contributed by atoms with Gasteiger partial charge in [-0.1, -0.05) is 60.5 Å². The highest BCUT2D eigenvalue weighted by Crippen LogP contribution is 2.38. The van der Waals surface area contributed by atoms with E-state index in [9.17, 15) is 9.59 Å². The van der Waals surface area contributed by atoms with Crippen molar-refractivity contribution in [3.8, 4) is 17.2 Å². The standard InChI is InChI=1S/C31H32Cl2N2O5/c1-5-20-6-8-21(9-7-20)24(22-10-11-25(32)26(33)16-22)19-29(36)34-12-14-35(15-13-34)31(37)23-17-27(38-2)30(40-4)28(18-23)39-3/h6-11,16-19H,5,12-15H2,1-4H3. The van der Waals surface area contributed by atoms with Crippen molar-refractivity contribution < 1.29 is 23.8 Å². The molecule has 2 amide bonds. The molecule has 210 valence electrons. The number of aryl methyl sites for hydroxylation is 1. The molecule has 1 heterocycles. The smallest absolute Gasteiger partial charge is 0.254 e. The van der Waals surface area contributed by atoms with Gasteiger partial charge in [0.2, 0.25) is 11.7 Å². The zero-order valence-electron chi connectivity index (χ0n) is 23.0. The van der Waals surface area contributed by atoms with Crippen molar-refractivity contribution >= 4 is 40.6 Å². The summed E-state index contributed by atoms with van der Waals surface area (Å²) in [6.07, 6.45) is 2.56. The summed E-state index contributed by atoms with van der Waals surface area (Å²) in [5.74, 6) is 0.928. The minimum Gasteiger partial charge on any atom is -0.493 e. The fraction of sp³-hybridized carbons (Fsp3) is 0.290. The molecule has 0 atom stereocenters. The average molecular weight is 584 g/mol. The number of benzene rings is 3. The van der Waals surface area contributed by atoms with Crippen LogP contribution in [0.3, 0.4) is 0 Å². The van der Waals surface area contributed by atoms with E-state index in [0.717, 1.165) is 23.1 Å². The number of carbonyl (C=O) groups excluding carboxylic acids is 2. The molecule has 40 heavy (non-hydrogen) atoms. The summed E-state index contributed by atoms with van der Waals surface area (Å²) in [7, 11) is 4.53. The number of rotatable bonds is 8. The van der Waals surface area contributed by atoms with Gasteiger partial charge in [-0.3, -0.25) is 9.59 Å². The van der Waals surface area contributed by atoms with Crippen LogP contribution in [0.5, 0.6) is 17.2 Å². The number of hydrogen-bond donors (Lipinski definition) is 0. The van der Waals surface area contributed by atoms with Crippen molar-refractivity contribution in [2.75, 3.05) is 47.5 Å². The predicted molar refractivity (Wildman–Crippen MR) is 158 cm³/mol. The minimum absolute atomic E-state index is 0.138. The van der Waals surface area contributed by atoms with E-state index in [1.165, 1.54) is 26.9 Å². The zero-order chi connectivity index (χ0) is 28.8. The Bertz CT molecular complexity index is 1390. The molecule has 1 aliphatic rings. The Morgan fingerprint density at radius 3 is 1.85 bits per heavy atom. The molecule has 1 aliphatic heterocycles. The molecule has 0 saturated carbocycles. The maximum Gasteiger partial charge on any atom is 0.254 e. The van der Waals surface area contributed by atoms with Gasteiger partial charge in [0.1, 0.15) is 0 Å². The van der Waals surface area contributed by atoms with Gasteiger partial charge in [0.15, 0.2) is 11.5 Å². The number of piperazine rings is 1. The molecule has 7 nitrogen and oxygen atoms in total. The molecular weight excluding hydrogens is 551 g/mol. The zero-order valence-corrected chi connectivity index (χ0v) is 24.5. The molecule has 0 N–H and O–H groups in total. The van der Waals surface area contributed by atoms with Crippen LogP contribution in [0.4, 0.5) is 0 Å². The second-order valence-corrected chi connectivity index (χ2v) is 10.1. The lowest BCUT2D eigenvalue weighted by Gasteiger charge is -2.34. The molecule has 4 rings (SSSR count). The van der Waals surface area contributed by atoms with E-state index in [1.54, 1.807) is 40.1 Å². The third kappa shape index (κ3) is 6.37. The quantitative estimate of drug-likeness (QED) is 0.305. The Kier molecular flexibility index (Phi) is 9.61. The molecule has 0 unspecified atom stereocenters. The van der Waals surface area contributed by atoms with Crippen LogP contribution in [0.2, 0.25) is 10.0 Å². The van der Waals surface area contributed by atoms with Crippen LogP contribution in [0.25, 0.3) is 5.57 Å². The SMILES string of the molecule is CCc1ccc(C(=CC(=O)N2CCN(C(=O)c3cc(OC)c(OC)c(OC)c3)CC2)c2ccc(Cl)c(Cl)c2)cc1. The normalized spacial score (nSPS) is 13.7. The van der Waals surface area contributed by atoms with Gasteiger partial charge in [0.25, 0.3) is 5.91 Å². The number of halogens is 2. The van der Waals surface area contributed by atoms with Gasteiger partial charge in [-0.25, -0.2) is 0 Å². The largest absolute Gasteiger partial charge is 0.493 e. The highest BCUT2D eigenvalue weighted by molar-refractivity contribution is 6.42. The van der Waals surface area contributed by atoms with E-state index in [1.807, 2.05) is 18.2 Å². The molecule has 0 bridgehead atoms. The fourth-order valence-corrected chi connectivity index (χ4v) is 4.95. The Morgan fingerprint density at radius 2 is 1.32 bits per heavy atom. The lowest BCUT2D eigenvalue weighted by molar-refractivity contribution is -0.127. The van der Waals surface area contributed by atoms with E-state index in [0.29, 0.717) is 59.0 Å². The van der Waals surface area contributed by atoms with E-state index >= 15 is 0 Å². The first-order valence-corrected chi connectivity index (χ1v) is 13.7. The summed E-state index contributed by atoms with van der Waals surface area (Å²) < 4.78 is 16.1. The van der Waals surface area contributed by atoms with Gasteiger partial charge in [0.05, 0.1) is 31.4 Å². The maximum absolute atomic E-state index is 13.5. The van der Waals surface area contributed by atoms with E-state index in [2.05, 4.69) is 19.1 Å². The Morgan fingerprint density at radius 1 is 0.750 bits per heavy atom. The molecule has 0 aromatic heterocycles. The van der Waals surface area contributed by atoms with Crippen molar-refractivity contribution in [3.05, 3.63) is 93.0 Å². The van der Waals surface area contributed by atoms with E-state index in [4.69, 9.17) is 37.4 Å². The first kappa shape index (κ1) is 29.3. The first-order chi connectivity index (χ1) is 19.3. The topological polar surface area (TPSA) is 68.3 Å². The van der Waals surface area contributed by atoms with Gasteiger partial charge in [-0.15, -0.1) is 0 Å². The van der Waals surface area contributed by atoms with Gasteiger partial charge in [-0.2, -0.15) is 0 Å². The molecule has 9 heteroatoms. The molecule has 0 aliphatic carbocycles. The third-order valence-corrected chi connectivity index (χ3v) is 7.70. The summed E-state index contributed by atoms with van der Waals surface area (Å²) in [5, 5.41) is 0.868. The van der Waals surface area contributed by atoms with Crippen LogP contribution in [0.1, 0.15) is 34.0 Å². The van der Waals surface area contributed by atoms with Gasteiger partial charge in [0, 0.05) is 37.8 Å². The molecule has 0 radical (unpaired) electrons. The lowest BCUT2D eigenvalue weighted by atomic mass is 9.96. The van der Waals surface area contributed by atoms with Gasteiger partial charge < -0.3 is 24.0 Å². The monoisotopic (exact) mass is 582 g/mol. The highest BCUT2D eigenvalue weighted by Gasteiger charge is 2.26. The second kappa shape index (κ2) is 13.1. The van der Waals surface area contributed by atoms with Gasteiger partial charge >= 0.3 is 0 Å².